The van der Waals surface area contributed by atoms with E-state index in [4.69, 9.17) is 0 Å². The van der Waals surface area contributed by atoms with E-state index in [9.17, 15) is 0 Å². The van der Waals surface area contributed by atoms with Crippen molar-refractivity contribution in [1.29, 1.82) is 0 Å². The van der Waals surface area contributed by atoms with E-state index in [-0.39, 0.29) is 0 Å². The quantitative estimate of drug-likeness (QED) is 0.163. The summed E-state index contributed by atoms with van der Waals surface area (Å²) in [6.45, 7) is 0. The van der Waals surface area contributed by atoms with Crippen molar-refractivity contribution in [2.75, 3.05) is 0 Å². The van der Waals surface area contributed by atoms with Crippen LogP contribution in [0.15, 0.2) is 255 Å². The molecule has 0 unspecified atom stereocenters. The number of fused-ring (bicyclic) bond motifs is 14. The minimum Gasteiger partial charge on any atom is -0.309 e. The topological polar surface area (TPSA) is 9.86 Å². The van der Waals surface area contributed by atoms with Gasteiger partial charge in [0.15, 0.2) is 0 Å². The highest BCUT2D eigenvalue weighted by Gasteiger charge is 2.25. The van der Waals surface area contributed by atoms with Crippen LogP contribution in [0.3, 0.4) is 0 Å². The number of hydrogen-bond donors (Lipinski definition) is 0. The summed E-state index contributed by atoms with van der Waals surface area (Å²) in [5, 5.41) is 4.95. The third kappa shape index (κ3) is 5.91. The third-order valence-corrected chi connectivity index (χ3v) is 14.3. The van der Waals surface area contributed by atoms with E-state index in [1.807, 2.05) is 0 Å². The van der Waals surface area contributed by atoms with Crippen molar-refractivity contribution in [3.63, 3.8) is 0 Å². The molecule has 0 saturated heterocycles. The fourth-order valence-corrected chi connectivity index (χ4v) is 11.3. The van der Waals surface area contributed by atoms with Gasteiger partial charge in [0.25, 0.3) is 0 Å². The van der Waals surface area contributed by atoms with Crippen LogP contribution in [0.2, 0.25) is 0 Å². The van der Waals surface area contributed by atoms with Crippen LogP contribution in [0.25, 0.3) is 133 Å². The molecule has 14 rings (SSSR count). The van der Waals surface area contributed by atoms with Gasteiger partial charge < -0.3 is 9.13 Å². The van der Waals surface area contributed by atoms with E-state index in [0.717, 1.165) is 11.4 Å². The smallest absolute Gasteiger partial charge is 0.0541 e. The molecule has 0 N–H and O–H groups in total. The average Bonchev–Trinajstić information content (AvgIpc) is 3.93. The molecule has 68 heavy (non-hydrogen) atoms. The van der Waals surface area contributed by atoms with Crippen LogP contribution >= 0.6 is 0 Å². The summed E-state index contributed by atoms with van der Waals surface area (Å²) in [4.78, 5) is 0. The van der Waals surface area contributed by atoms with E-state index in [0.29, 0.717) is 0 Å². The van der Waals surface area contributed by atoms with Crippen molar-refractivity contribution in [1.82, 2.24) is 9.13 Å². The maximum absolute atomic E-state index is 2.43. The molecule has 13 aromatic rings. The second-order valence-electron chi connectivity index (χ2n) is 18.0. The van der Waals surface area contributed by atoms with Gasteiger partial charge in [-0.05, 0) is 157 Å². The molecule has 0 atom stereocenters. The normalized spacial score (nSPS) is 11.8. The molecule has 0 amide bonds. The number of hydrogen-bond acceptors (Lipinski definition) is 0. The van der Waals surface area contributed by atoms with Gasteiger partial charge in [-0.25, -0.2) is 0 Å². The zero-order valence-electron chi connectivity index (χ0n) is 37.1. The Morgan fingerprint density at radius 1 is 0.191 bits per heavy atom. The Bertz CT molecular complexity index is 3950. The monoisotopic (exact) mass is 862 g/mol. The Kier molecular flexibility index (Phi) is 8.62. The van der Waals surface area contributed by atoms with Gasteiger partial charge in [-0.15, -0.1) is 0 Å². The van der Waals surface area contributed by atoms with Gasteiger partial charge in [0.2, 0.25) is 0 Å². The molecule has 2 nitrogen and oxygen atoms in total. The Labute approximate surface area is 394 Å². The molecule has 0 spiro atoms. The minimum absolute atomic E-state index is 1.16. The fraction of sp³-hybridized carbons (Fsp3) is 0. The van der Waals surface area contributed by atoms with Gasteiger partial charge in [0.1, 0.15) is 0 Å². The zero-order valence-corrected chi connectivity index (χ0v) is 37.1. The summed E-state index contributed by atoms with van der Waals surface area (Å²) in [7, 11) is 0. The summed E-state index contributed by atoms with van der Waals surface area (Å²) in [5.74, 6) is 0. The molecule has 11 aromatic carbocycles. The fourth-order valence-electron chi connectivity index (χ4n) is 11.3. The number of para-hydroxylation sites is 4. The Balaban J connectivity index is 1.04. The number of aromatic nitrogens is 2. The lowest BCUT2D eigenvalue weighted by Crippen LogP contribution is -1.99. The van der Waals surface area contributed by atoms with Crippen molar-refractivity contribution in [2.45, 2.75) is 0 Å². The lowest BCUT2D eigenvalue weighted by atomic mass is 9.78. The van der Waals surface area contributed by atoms with Crippen LogP contribution in [-0.4, -0.2) is 9.13 Å². The minimum atomic E-state index is 1.16. The average molecular weight is 863 g/mol. The first-order valence-corrected chi connectivity index (χ1v) is 23.5. The molecule has 0 aliphatic heterocycles. The first-order chi connectivity index (χ1) is 33.7. The number of benzene rings is 11. The van der Waals surface area contributed by atoms with Crippen LogP contribution < -0.4 is 0 Å². The van der Waals surface area contributed by atoms with E-state index >= 15 is 0 Å². The van der Waals surface area contributed by atoms with Crippen LogP contribution in [0.5, 0.6) is 0 Å². The van der Waals surface area contributed by atoms with Gasteiger partial charge in [0.05, 0.1) is 22.1 Å². The molecule has 0 bridgehead atoms. The molecule has 0 fully saturated rings. The Morgan fingerprint density at radius 3 is 1.04 bits per heavy atom. The summed E-state index contributed by atoms with van der Waals surface area (Å²) in [6.07, 6.45) is 0. The third-order valence-electron chi connectivity index (χ3n) is 14.3. The SMILES string of the molecule is c1ccc(-n2c3ccccc3c3cc(-c4cc(-c5ccc6c(c5)c5ccccc5n6-c5ccccc5)cc(-c5cccc6c5-c5ccccc5-c5ccccc5-c5ccccc5-6)c4)ccc32)cc1. The van der Waals surface area contributed by atoms with E-state index < -0.39 is 0 Å². The van der Waals surface area contributed by atoms with E-state index in [2.05, 4.69) is 264 Å². The molecular formula is C66H42N2. The summed E-state index contributed by atoms with van der Waals surface area (Å²) < 4.78 is 4.79. The molecule has 2 heterocycles. The van der Waals surface area contributed by atoms with Crippen molar-refractivity contribution in [3.8, 4) is 89.3 Å². The highest BCUT2D eigenvalue weighted by molar-refractivity contribution is 6.13. The van der Waals surface area contributed by atoms with Crippen molar-refractivity contribution in [2.24, 2.45) is 0 Å². The largest absolute Gasteiger partial charge is 0.309 e. The van der Waals surface area contributed by atoms with Crippen LogP contribution in [0, 0.1) is 0 Å². The molecule has 2 aromatic heterocycles. The molecule has 1 aliphatic carbocycles. The summed E-state index contributed by atoms with van der Waals surface area (Å²) in [5.41, 5.74) is 24.1. The molecule has 1 aliphatic rings. The second kappa shape index (κ2) is 15.3. The van der Waals surface area contributed by atoms with Crippen LogP contribution in [0.4, 0.5) is 0 Å². The summed E-state index contributed by atoms with van der Waals surface area (Å²) >= 11 is 0. The van der Waals surface area contributed by atoms with Crippen molar-refractivity contribution in [3.05, 3.63) is 255 Å². The molecule has 0 radical (unpaired) electrons. The van der Waals surface area contributed by atoms with E-state index in [1.165, 1.54) is 122 Å². The van der Waals surface area contributed by atoms with Gasteiger partial charge in [-0.1, -0.05) is 176 Å². The van der Waals surface area contributed by atoms with E-state index in [1.54, 1.807) is 0 Å². The van der Waals surface area contributed by atoms with Crippen LogP contribution in [0.1, 0.15) is 0 Å². The molecule has 2 heteroatoms. The zero-order chi connectivity index (χ0) is 44.7. The second-order valence-corrected chi connectivity index (χ2v) is 18.0. The summed E-state index contributed by atoms with van der Waals surface area (Å²) in [6, 6.07) is 94.1. The number of nitrogens with zero attached hydrogens (tertiary/aromatic N) is 2. The van der Waals surface area contributed by atoms with Gasteiger partial charge in [-0.3, -0.25) is 0 Å². The lowest BCUT2D eigenvalue weighted by Gasteiger charge is -2.25. The Morgan fingerprint density at radius 2 is 0.544 bits per heavy atom. The molecule has 316 valence electrons. The first-order valence-electron chi connectivity index (χ1n) is 23.5. The molecular weight excluding hydrogens is 821 g/mol. The van der Waals surface area contributed by atoms with Crippen molar-refractivity contribution >= 4 is 43.6 Å². The number of rotatable bonds is 5. The maximum atomic E-state index is 2.43. The lowest BCUT2D eigenvalue weighted by molar-refractivity contribution is 1.18. The van der Waals surface area contributed by atoms with Gasteiger partial charge in [0, 0.05) is 32.9 Å². The van der Waals surface area contributed by atoms with Gasteiger partial charge >= 0.3 is 0 Å². The predicted molar refractivity (Wildman–Crippen MR) is 287 cm³/mol. The predicted octanol–water partition coefficient (Wildman–Crippen LogP) is 17.9. The highest BCUT2D eigenvalue weighted by atomic mass is 15.0. The van der Waals surface area contributed by atoms with Crippen molar-refractivity contribution < 1.29 is 0 Å². The molecule has 0 saturated carbocycles. The highest BCUT2D eigenvalue weighted by Crippen LogP contribution is 2.51. The maximum Gasteiger partial charge on any atom is 0.0541 e. The Hall–Kier alpha value is -8.98. The first kappa shape index (κ1) is 38.3. The standard InChI is InChI=1S/C66H42N2/c1-3-18-48(19-4-1)67-62-32-15-13-27-56(62)60-41-43(34-36-64(60)67)45-38-46(44-35-37-65-61(42-44)57-28-14-16-33-63(57)68(65)49-20-5-2-6-21-49)40-47(39-45)50-30-17-31-59-55-25-10-9-24-53(55)51-22-7-8-23-52(51)54-26-11-12-29-58(54)66(50)59/h1-42H. The van der Waals surface area contributed by atoms with Gasteiger partial charge in [-0.2, -0.15) is 0 Å². The van der Waals surface area contributed by atoms with Crippen LogP contribution in [-0.2, 0) is 0 Å².